The number of hydrogen-bond acceptors (Lipinski definition) is 9. The molecular formula is C37H42N8O4S. The number of fused-ring (bicyclic) bond motifs is 1. The Labute approximate surface area is 294 Å². The molecule has 0 spiro atoms. The Kier molecular flexibility index (Phi) is 9.04. The summed E-state index contributed by atoms with van der Waals surface area (Å²) in [6.45, 7) is 3.64. The van der Waals surface area contributed by atoms with Gasteiger partial charge in [0.25, 0.3) is 11.5 Å². The fourth-order valence-corrected chi connectivity index (χ4v) is 8.28. The Bertz CT molecular complexity index is 2080. The predicted octanol–water partition coefficient (Wildman–Crippen LogP) is 3.93. The SMILES string of the molecule is Cc1nc(-c2ccc(N(C)C)nc2)sc1C(=O)N1CC[C@@H](C(=O)N2CCC(O)(Cn3cnc4c(ccn4C)c3=O)CC2)[C@H](c2ccccc2)C1. The summed E-state index contributed by atoms with van der Waals surface area (Å²) in [5.41, 5.74) is 1.86. The molecule has 12 nitrogen and oxygen atoms in total. The van der Waals surface area contributed by atoms with Crippen LogP contribution in [0.5, 0.6) is 0 Å². The van der Waals surface area contributed by atoms with E-state index in [9.17, 15) is 19.5 Å². The highest BCUT2D eigenvalue weighted by Gasteiger charge is 2.42. The topological polar surface area (TPSA) is 130 Å². The number of pyridine rings is 1. The zero-order valence-corrected chi connectivity index (χ0v) is 29.6. The molecule has 0 bridgehead atoms. The van der Waals surface area contributed by atoms with Gasteiger partial charge in [-0.1, -0.05) is 30.3 Å². The maximum absolute atomic E-state index is 14.2. The second kappa shape index (κ2) is 13.4. The van der Waals surface area contributed by atoms with E-state index in [4.69, 9.17) is 4.98 Å². The molecular weight excluding hydrogens is 653 g/mol. The van der Waals surface area contributed by atoms with Gasteiger partial charge in [-0.05, 0) is 49.9 Å². The van der Waals surface area contributed by atoms with E-state index >= 15 is 0 Å². The number of thiazole rings is 1. The first-order valence-electron chi connectivity index (χ1n) is 17.0. The first-order chi connectivity index (χ1) is 24.0. The van der Waals surface area contributed by atoms with Gasteiger partial charge in [-0.2, -0.15) is 0 Å². The zero-order valence-electron chi connectivity index (χ0n) is 28.8. The Morgan fingerprint density at radius 1 is 1.02 bits per heavy atom. The highest BCUT2D eigenvalue weighted by Crippen LogP contribution is 2.37. The maximum Gasteiger partial charge on any atom is 0.265 e. The summed E-state index contributed by atoms with van der Waals surface area (Å²) < 4.78 is 3.27. The fourth-order valence-electron chi connectivity index (χ4n) is 7.26. The number of anilines is 1. The molecule has 0 radical (unpaired) electrons. The minimum Gasteiger partial charge on any atom is -0.388 e. The van der Waals surface area contributed by atoms with Crippen LogP contribution in [0.1, 0.15) is 46.1 Å². The van der Waals surface area contributed by atoms with Crippen LogP contribution >= 0.6 is 11.3 Å². The van der Waals surface area contributed by atoms with Crippen molar-refractivity contribution in [1.29, 1.82) is 0 Å². The number of aromatic nitrogens is 5. The van der Waals surface area contributed by atoms with Crippen LogP contribution in [0.4, 0.5) is 5.82 Å². The number of rotatable bonds is 7. The number of piperidine rings is 2. The van der Waals surface area contributed by atoms with Crippen molar-refractivity contribution in [2.24, 2.45) is 13.0 Å². The molecule has 13 heteroatoms. The van der Waals surface area contributed by atoms with Gasteiger partial charge >= 0.3 is 0 Å². The molecule has 2 aliphatic rings. The Morgan fingerprint density at radius 2 is 1.78 bits per heavy atom. The first-order valence-corrected chi connectivity index (χ1v) is 17.8. The molecule has 6 heterocycles. The average molecular weight is 695 g/mol. The Balaban J connectivity index is 1.05. The van der Waals surface area contributed by atoms with Gasteiger partial charge in [0.2, 0.25) is 5.91 Å². The summed E-state index contributed by atoms with van der Waals surface area (Å²) in [5, 5.41) is 12.8. The number of likely N-dealkylation sites (tertiary alicyclic amines) is 2. The van der Waals surface area contributed by atoms with E-state index in [-0.39, 0.29) is 35.8 Å². The van der Waals surface area contributed by atoms with Gasteiger partial charge in [0, 0.05) is 77.1 Å². The van der Waals surface area contributed by atoms with E-state index in [1.165, 1.54) is 22.2 Å². The summed E-state index contributed by atoms with van der Waals surface area (Å²) in [7, 11) is 5.72. The molecule has 2 atom stereocenters. The second-order valence-corrected chi connectivity index (χ2v) is 14.8. The summed E-state index contributed by atoms with van der Waals surface area (Å²) >= 11 is 1.38. The Morgan fingerprint density at radius 3 is 2.48 bits per heavy atom. The number of aliphatic hydroxyl groups is 1. The molecule has 0 unspecified atom stereocenters. The van der Waals surface area contributed by atoms with E-state index in [1.807, 2.05) is 85.2 Å². The van der Waals surface area contributed by atoms with E-state index in [2.05, 4.69) is 9.97 Å². The molecule has 2 saturated heterocycles. The van der Waals surface area contributed by atoms with Gasteiger partial charge < -0.3 is 24.4 Å². The smallest absolute Gasteiger partial charge is 0.265 e. The molecule has 0 aliphatic carbocycles. The van der Waals surface area contributed by atoms with Crippen molar-refractivity contribution in [3.8, 4) is 10.6 Å². The first kappa shape index (κ1) is 33.6. The number of carbonyl (C=O) groups excluding carboxylic acids is 2. The number of benzene rings is 1. The van der Waals surface area contributed by atoms with Crippen molar-refractivity contribution in [3.05, 3.63) is 93.7 Å². The van der Waals surface area contributed by atoms with Gasteiger partial charge in [0.15, 0.2) is 0 Å². The molecule has 50 heavy (non-hydrogen) atoms. The standard InChI is InChI=1S/C37H42N8O4S/c1-24-31(50-33(40-24)26-10-11-30(38-20-26)41(2)3)36(48)44-17-13-27(29(21-44)25-8-6-5-7-9-25)34(46)43-18-14-37(49,15-19-43)22-45-23-39-32-28(35(45)47)12-16-42(32)4/h5-12,16,20,23,27,29,49H,13-15,17-19,21-22H2,1-4H3/t27-,29+/m1/s1. The fraction of sp³-hybridized carbons (Fsp3) is 0.405. The van der Waals surface area contributed by atoms with Gasteiger partial charge in [-0.25, -0.2) is 15.0 Å². The largest absolute Gasteiger partial charge is 0.388 e. The van der Waals surface area contributed by atoms with E-state index < -0.39 is 5.60 Å². The van der Waals surface area contributed by atoms with Crippen molar-refractivity contribution in [2.75, 3.05) is 45.2 Å². The monoisotopic (exact) mass is 694 g/mol. The lowest BCUT2D eigenvalue weighted by molar-refractivity contribution is -0.142. The maximum atomic E-state index is 14.2. The molecule has 5 aromatic rings. The van der Waals surface area contributed by atoms with E-state index in [1.54, 1.807) is 23.0 Å². The van der Waals surface area contributed by atoms with Gasteiger partial charge in [-0.3, -0.25) is 19.0 Å². The molecule has 260 valence electrons. The molecule has 2 aliphatic heterocycles. The van der Waals surface area contributed by atoms with Crippen LogP contribution in [0.25, 0.3) is 21.6 Å². The van der Waals surface area contributed by atoms with Crippen LogP contribution < -0.4 is 10.5 Å². The zero-order chi connectivity index (χ0) is 35.2. The van der Waals surface area contributed by atoms with Crippen LogP contribution in [-0.4, -0.2) is 96.7 Å². The second-order valence-electron chi connectivity index (χ2n) is 13.8. The number of carbonyl (C=O) groups is 2. The Hall–Kier alpha value is -4.88. The predicted molar refractivity (Wildman–Crippen MR) is 193 cm³/mol. The third kappa shape index (κ3) is 6.42. The van der Waals surface area contributed by atoms with E-state index in [0.717, 1.165) is 22.0 Å². The van der Waals surface area contributed by atoms with Crippen LogP contribution in [0.15, 0.2) is 72.0 Å². The number of amides is 2. The average Bonchev–Trinajstić information content (AvgIpc) is 3.71. The minimum absolute atomic E-state index is 0.0440. The molecule has 4 aromatic heterocycles. The highest BCUT2D eigenvalue weighted by molar-refractivity contribution is 7.17. The van der Waals surface area contributed by atoms with Crippen LogP contribution in [0.3, 0.4) is 0 Å². The third-order valence-electron chi connectivity index (χ3n) is 10.2. The number of aryl methyl sites for hydroxylation is 2. The lowest BCUT2D eigenvalue weighted by Crippen LogP contribution is -2.53. The summed E-state index contributed by atoms with van der Waals surface area (Å²) in [6.07, 6.45) is 6.31. The highest BCUT2D eigenvalue weighted by atomic mass is 32.1. The van der Waals surface area contributed by atoms with Crippen molar-refractivity contribution < 1.29 is 14.7 Å². The minimum atomic E-state index is -1.13. The lowest BCUT2D eigenvalue weighted by atomic mass is 9.79. The van der Waals surface area contributed by atoms with Gasteiger partial charge in [-0.15, -0.1) is 11.3 Å². The van der Waals surface area contributed by atoms with E-state index in [0.29, 0.717) is 67.0 Å². The van der Waals surface area contributed by atoms with Gasteiger partial charge in [0.05, 0.1) is 23.2 Å². The molecule has 1 aromatic carbocycles. The van der Waals surface area contributed by atoms with Crippen LogP contribution in [-0.2, 0) is 18.4 Å². The molecule has 7 rings (SSSR count). The van der Waals surface area contributed by atoms with Crippen molar-refractivity contribution in [1.82, 2.24) is 33.9 Å². The molecule has 2 amide bonds. The molecule has 0 saturated carbocycles. The van der Waals surface area contributed by atoms with Crippen molar-refractivity contribution in [3.63, 3.8) is 0 Å². The lowest BCUT2D eigenvalue weighted by Gasteiger charge is -2.43. The summed E-state index contributed by atoms with van der Waals surface area (Å²) in [6, 6.07) is 15.6. The normalized spacial score (nSPS) is 19.1. The molecule has 2 fully saturated rings. The van der Waals surface area contributed by atoms with Gasteiger partial charge in [0.1, 0.15) is 27.7 Å². The van der Waals surface area contributed by atoms with Crippen molar-refractivity contribution in [2.45, 2.75) is 44.2 Å². The summed E-state index contributed by atoms with van der Waals surface area (Å²) in [5.74, 6) is 0.331. The van der Waals surface area contributed by atoms with Crippen LogP contribution in [0.2, 0.25) is 0 Å². The summed E-state index contributed by atoms with van der Waals surface area (Å²) in [4.78, 5) is 61.2. The number of nitrogens with zero attached hydrogens (tertiary/aromatic N) is 8. The third-order valence-corrected chi connectivity index (χ3v) is 11.4. The quantitative estimate of drug-likeness (QED) is 0.272. The number of hydrogen-bond donors (Lipinski definition) is 1. The van der Waals surface area contributed by atoms with Crippen molar-refractivity contribution >= 4 is 40.0 Å². The van der Waals surface area contributed by atoms with Crippen LogP contribution in [0, 0.1) is 12.8 Å². The molecule has 1 N–H and O–H groups in total.